The van der Waals surface area contributed by atoms with Gasteiger partial charge in [0.15, 0.2) is 11.7 Å². The summed E-state index contributed by atoms with van der Waals surface area (Å²) in [5.41, 5.74) is 0.156. The topological polar surface area (TPSA) is 218 Å². The zero-order valence-corrected chi connectivity index (χ0v) is 21.6. The molecule has 2 aromatic carbocycles. The van der Waals surface area contributed by atoms with Crippen molar-refractivity contribution in [2.75, 3.05) is 20.3 Å². The van der Waals surface area contributed by atoms with Crippen LogP contribution in [0, 0.1) is 0 Å². The maximum Gasteiger partial charge on any atom is 0.229 e. The second kappa shape index (κ2) is 11.9. The van der Waals surface area contributed by atoms with Crippen molar-refractivity contribution in [3.05, 3.63) is 52.7 Å². The molecule has 14 nitrogen and oxygen atoms in total. The molecule has 3 aromatic rings. The van der Waals surface area contributed by atoms with E-state index in [1.165, 1.54) is 37.4 Å². The SMILES string of the molecule is COc1cc(O)c2c(=O)cc(-c3ccc(OC4OC(COC5OCC(O)C(O)C5O)C(O)C(O)C4O)cc3)oc2c1. The Morgan fingerprint density at radius 3 is 2.27 bits per heavy atom. The number of aromatic hydroxyl groups is 1. The van der Waals surface area contributed by atoms with Crippen molar-refractivity contribution in [2.24, 2.45) is 0 Å². The Kier molecular flexibility index (Phi) is 8.47. The van der Waals surface area contributed by atoms with Crippen LogP contribution in [0.2, 0.25) is 0 Å². The molecule has 2 fully saturated rings. The molecule has 9 unspecified atom stereocenters. The van der Waals surface area contributed by atoms with Gasteiger partial charge in [0.2, 0.25) is 6.29 Å². The fourth-order valence-electron chi connectivity index (χ4n) is 4.60. The molecule has 2 aliphatic heterocycles. The summed E-state index contributed by atoms with van der Waals surface area (Å²) >= 11 is 0. The molecule has 0 aliphatic carbocycles. The number of benzene rings is 2. The number of fused-ring (bicyclic) bond motifs is 1. The summed E-state index contributed by atoms with van der Waals surface area (Å²) in [6, 6.07) is 10.2. The third-order valence-electron chi connectivity index (χ3n) is 6.96. The van der Waals surface area contributed by atoms with Gasteiger partial charge in [-0.3, -0.25) is 4.79 Å². The summed E-state index contributed by atoms with van der Waals surface area (Å²) in [5.74, 6) is 0.437. The number of aliphatic hydroxyl groups excluding tert-OH is 6. The Labute approximate surface area is 232 Å². The first-order chi connectivity index (χ1) is 19.6. The molecular formula is C27H30O14. The van der Waals surface area contributed by atoms with E-state index in [4.69, 9.17) is 28.1 Å². The number of rotatable bonds is 7. The summed E-state index contributed by atoms with van der Waals surface area (Å²) in [6.45, 7) is -0.713. The van der Waals surface area contributed by atoms with Crippen LogP contribution in [0.3, 0.4) is 0 Å². The van der Waals surface area contributed by atoms with Crippen molar-refractivity contribution in [1.29, 1.82) is 0 Å². The highest BCUT2D eigenvalue weighted by atomic mass is 16.7. The minimum absolute atomic E-state index is 0.00976. The largest absolute Gasteiger partial charge is 0.507 e. The summed E-state index contributed by atoms with van der Waals surface area (Å²) < 4.78 is 32.8. The number of phenolic OH excluding ortho intramolecular Hbond substituents is 1. The summed E-state index contributed by atoms with van der Waals surface area (Å²) in [6.07, 6.45) is -13.3. The van der Waals surface area contributed by atoms with Crippen LogP contribution in [0.5, 0.6) is 17.2 Å². The van der Waals surface area contributed by atoms with E-state index in [2.05, 4.69) is 0 Å². The second-order valence-electron chi connectivity index (χ2n) is 9.74. The van der Waals surface area contributed by atoms with Crippen molar-refractivity contribution < 1.29 is 63.8 Å². The molecule has 7 N–H and O–H groups in total. The lowest BCUT2D eigenvalue weighted by Gasteiger charge is -2.41. The fourth-order valence-corrected chi connectivity index (χ4v) is 4.60. The molecule has 3 heterocycles. The maximum atomic E-state index is 12.6. The van der Waals surface area contributed by atoms with Crippen molar-refractivity contribution in [3.8, 4) is 28.6 Å². The summed E-state index contributed by atoms with van der Waals surface area (Å²) in [7, 11) is 1.41. The lowest BCUT2D eigenvalue weighted by molar-refractivity contribution is -0.307. The van der Waals surface area contributed by atoms with E-state index in [0.717, 1.165) is 0 Å². The van der Waals surface area contributed by atoms with E-state index < -0.39 is 67.3 Å². The van der Waals surface area contributed by atoms with Gasteiger partial charge in [-0.15, -0.1) is 0 Å². The number of ether oxygens (including phenoxy) is 5. The molecule has 0 spiro atoms. The van der Waals surface area contributed by atoms with Gasteiger partial charge in [0.1, 0.15) is 76.7 Å². The molecule has 222 valence electrons. The van der Waals surface area contributed by atoms with E-state index in [-0.39, 0.29) is 34.8 Å². The quantitative estimate of drug-likeness (QED) is 0.176. The Bertz CT molecular complexity index is 1410. The normalized spacial score (nSPS) is 32.1. The average Bonchev–Trinajstić information content (AvgIpc) is 2.96. The van der Waals surface area contributed by atoms with E-state index in [1.807, 2.05) is 0 Å². The molecule has 5 rings (SSSR count). The van der Waals surface area contributed by atoms with Gasteiger partial charge in [-0.2, -0.15) is 0 Å². The number of aliphatic hydroxyl groups is 6. The van der Waals surface area contributed by atoms with Gasteiger partial charge >= 0.3 is 0 Å². The smallest absolute Gasteiger partial charge is 0.229 e. The van der Waals surface area contributed by atoms with Crippen molar-refractivity contribution in [3.63, 3.8) is 0 Å². The number of phenols is 1. The van der Waals surface area contributed by atoms with E-state index in [9.17, 15) is 40.5 Å². The Hall–Kier alpha value is -3.31. The molecule has 0 amide bonds. The highest BCUT2D eigenvalue weighted by molar-refractivity contribution is 5.86. The number of hydrogen-bond acceptors (Lipinski definition) is 14. The van der Waals surface area contributed by atoms with E-state index >= 15 is 0 Å². The lowest BCUT2D eigenvalue weighted by Crippen LogP contribution is -2.61. The zero-order chi connectivity index (χ0) is 29.4. The third-order valence-corrected chi connectivity index (χ3v) is 6.96. The summed E-state index contributed by atoms with van der Waals surface area (Å²) in [5, 5.41) is 70.7. The van der Waals surface area contributed by atoms with Crippen molar-refractivity contribution in [1.82, 2.24) is 0 Å². The molecule has 41 heavy (non-hydrogen) atoms. The first kappa shape index (κ1) is 29.2. The van der Waals surface area contributed by atoms with Crippen molar-refractivity contribution in [2.45, 2.75) is 55.3 Å². The Morgan fingerprint density at radius 1 is 0.854 bits per heavy atom. The van der Waals surface area contributed by atoms with Gasteiger partial charge in [-0.1, -0.05) is 0 Å². The zero-order valence-electron chi connectivity index (χ0n) is 21.6. The fraction of sp³-hybridized carbons (Fsp3) is 0.444. The first-order valence-electron chi connectivity index (χ1n) is 12.7. The molecule has 2 aliphatic rings. The van der Waals surface area contributed by atoms with Crippen LogP contribution in [-0.2, 0) is 14.2 Å². The van der Waals surface area contributed by atoms with Gasteiger partial charge in [-0.05, 0) is 24.3 Å². The molecule has 0 bridgehead atoms. The van der Waals surface area contributed by atoms with Crippen molar-refractivity contribution >= 4 is 11.0 Å². The van der Waals surface area contributed by atoms with Gasteiger partial charge in [0, 0.05) is 23.8 Å². The molecule has 0 saturated carbocycles. The predicted octanol–water partition coefficient (Wildman–Crippen LogP) is -1.18. The molecule has 1 aromatic heterocycles. The maximum absolute atomic E-state index is 12.6. The lowest BCUT2D eigenvalue weighted by atomic mass is 9.99. The average molecular weight is 579 g/mol. The number of hydrogen-bond donors (Lipinski definition) is 7. The first-order valence-corrected chi connectivity index (χ1v) is 12.7. The third kappa shape index (κ3) is 5.88. The van der Waals surface area contributed by atoms with Crippen LogP contribution in [0.25, 0.3) is 22.3 Å². The van der Waals surface area contributed by atoms with Gasteiger partial charge < -0.3 is 63.8 Å². The molecule has 2 saturated heterocycles. The highest BCUT2D eigenvalue weighted by Crippen LogP contribution is 2.32. The van der Waals surface area contributed by atoms with Gasteiger partial charge in [0.05, 0.1) is 20.3 Å². The van der Waals surface area contributed by atoms with Crippen LogP contribution in [0.1, 0.15) is 0 Å². The van der Waals surface area contributed by atoms with Crippen LogP contribution >= 0.6 is 0 Å². The predicted molar refractivity (Wildman–Crippen MR) is 137 cm³/mol. The minimum atomic E-state index is -1.67. The Morgan fingerprint density at radius 2 is 1.56 bits per heavy atom. The van der Waals surface area contributed by atoms with E-state index in [1.54, 1.807) is 12.1 Å². The van der Waals surface area contributed by atoms with Crippen LogP contribution in [0.4, 0.5) is 0 Å². The molecule has 0 radical (unpaired) electrons. The van der Waals surface area contributed by atoms with Gasteiger partial charge in [0.25, 0.3) is 0 Å². The standard InChI is InChI=1S/C27H30O14/c1-36-13-6-14(28)20-15(29)8-17(40-18(20)7-13)11-2-4-12(5-3-11)39-27-25(35)23(33)22(32)19(41-27)10-38-26-24(34)21(31)16(30)9-37-26/h2-8,16,19,21-28,30-35H,9-10H2,1H3. The van der Waals surface area contributed by atoms with E-state index in [0.29, 0.717) is 11.3 Å². The monoisotopic (exact) mass is 578 g/mol. The minimum Gasteiger partial charge on any atom is -0.507 e. The Balaban J connectivity index is 1.28. The second-order valence-corrected chi connectivity index (χ2v) is 9.74. The molecule has 14 heteroatoms. The summed E-state index contributed by atoms with van der Waals surface area (Å²) in [4.78, 5) is 12.6. The molecular weight excluding hydrogens is 548 g/mol. The van der Waals surface area contributed by atoms with Crippen LogP contribution in [0.15, 0.2) is 51.7 Å². The van der Waals surface area contributed by atoms with Gasteiger partial charge in [-0.25, -0.2) is 0 Å². The van der Waals surface area contributed by atoms with Crippen LogP contribution in [-0.4, -0.2) is 111 Å². The highest BCUT2D eigenvalue weighted by Gasteiger charge is 2.46. The molecule has 9 atom stereocenters. The van der Waals surface area contributed by atoms with Crippen LogP contribution < -0.4 is 14.9 Å². The number of methoxy groups -OCH3 is 1.